The second-order valence-electron chi connectivity index (χ2n) is 10.4. The molecular formula is C42H66. The third kappa shape index (κ3) is 17.6. The number of benzene rings is 2. The molecule has 3 rings (SSSR count). The largest absolute Gasteiger partial charge is 0.100 e. The number of hydrogen-bond acceptors (Lipinski definition) is 0. The van der Waals surface area contributed by atoms with Crippen LogP contribution in [-0.4, -0.2) is 0 Å². The van der Waals surface area contributed by atoms with Gasteiger partial charge in [-0.1, -0.05) is 145 Å². The van der Waals surface area contributed by atoms with Crippen LogP contribution < -0.4 is 0 Å². The lowest BCUT2D eigenvalue weighted by Gasteiger charge is -2.19. The highest BCUT2D eigenvalue weighted by Gasteiger charge is 2.14. The Morgan fingerprint density at radius 2 is 1.00 bits per heavy atom. The molecule has 0 aliphatic heterocycles. The molecule has 1 aliphatic carbocycles. The highest BCUT2D eigenvalue weighted by atomic mass is 14.2. The second kappa shape index (κ2) is 25.6. The molecule has 1 atom stereocenters. The standard InChI is InChI=1S/C22H26.C10H14.C4H8.3C2H6/c1-14(2)20-10-11-22(17(5)13-20)19(7)18(6)21-9-8-15(3)16(4)12-21;1-9-7-5-3-4-6-8-10(9)2;1-4(2)3;3*1-2/h8-13,19H,1,6H2,2-5,7H3;3-6H,7-8H2,1-2H3;1H2,2-3H3;3*1-2H3/b;5-3-,6-4?,10-9-;;;;. The van der Waals surface area contributed by atoms with Crippen molar-refractivity contribution in [3.63, 3.8) is 0 Å². The average Bonchev–Trinajstić information content (AvgIpc) is 2.97. The van der Waals surface area contributed by atoms with Gasteiger partial charge in [-0.3, -0.25) is 0 Å². The lowest BCUT2D eigenvalue weighted by molar-refractivity contribution is 0.974. The van der Waals surface area contributed by atoms with E-state index in [4.69, 9.17) is 0 Å². The van der Waals surface area contributed by atoms with Gasteiger partial charge in [-0.2, -0.15) is 0 Å². The Kier molecular flexibility index (Phi) is 26.4. The molecule has 0 bridgehead atoms. The zero-order chi connectivity index (χ0) is 33.4. The predicted octanol–water partition coefficient (Wildman–Crippen LogP) is 14.4. The summed E-state index contributed by atoms with van der Waals surface area (Å²) in [5.41, 5.74) is 14.2. The van der Waals surface area contributed by atoms with Gasteiger partial charge in [-0.25, -0.2) is 0 Å². The Hall–Kier alpha value is -3.12. The number of hydrogen-bond donors (Lipinski definition) is 0. The van der Waals surface area contributed by atoms with Gasteiger partial charge < -0.3 is 0 Å². The Morgan fingerprint density at radius 3 is 1.38 bits per heavy atom. The minimum atomic E-state index is 0.307. The van der Waals surface area contributed by atoms with Gasteiger partial charge in [0, 0.05) is 5.92 Å². The molecule has 0 fully saturated rings. The molecule has 0 N–H and O–H groups in total. The van der Waals surface area contributed by atoms with Crippen LogP contribution in [0.25, 0.3) is 11.1 Å². The van der Waals surface area contributed by atoms with E-state index in [2.05, 4.69) is 122 Å². The van der Waals surface area contributed by atoms with E-state index in [1.54, 1.807) is 0 Å². The van der Waals surface area contributed by atoms with Crippen molar-refractivity contribution in [2.75, 3.05) is 0 Å². The van der Waals surface area contributed by atoms with E-state index in [9.17, 15) is 0 Å². The Balaban J connectivity index is -0.000000630. The third-order valence-corrected chi connectivity index (χ3v) is 6.59. The highest BCUT2D eigenvalue weighted by molar-refractivity contribution is 5.71. The normalized spacial score (nSPS) is 14.4. The van der Waals surface area contributed by atoms with Crippen molar-refractivity contribution < 1.29 is 0 Å². The van der Waals surface area contributed by atoms with E-state index in [0.717, 1.165) is 18.4 Å². The maximum Gasteiger partial charge on any atom is 0.00636 e. The van der Waals surface area contributed by atoms with Crippen LogP contribution in [0.5, 0.6) is 0 Å². The fourth-order valence-electron chi connectivity index (χ4n) is 3.80. The topological polar surface area (TPSA) is 0 Å². The average molecular weight is 571 g/mol. The lowest BCUT2D eigenvalue weighted by Crippen LogP contribution is -2.00. The molecule has 0 nitrogen and oxygen atoms in total. The van der Waals surface area contributed by atoms with Crippen molar-refractivity contribution in [3.8, 4) is 0 Å². The van der Waals surface area contributed by atoms with Gasteiger partial charge in [0.2, 0.25) is 0 Å². The van der Waals surface area contributed by atoms with Crippen molar-refractivity contribution in [1.29, 1.82) is 0 Å². The van der Waals surface area contributed by atoms with Crippen LogP contribution in [0.2, 0.25) is 0 Å². The van der Waals surface area contributed by atoms with Crippen LogP contribution in [0.1, 0.15) is 135 Å². The van der Waals surface area contributed by atoms with Gasteiger partial charge in [-0.05, 0) is 107 Å². The summed E-state index contributed by atoms with van der Waals surface area (Å²) in [7, 11) is 0. The highest BCUT2D eigenvalue weighted by Crippen LogP contribution is 2.33. The molecule has 1 aliphatic rings. The van der Waals surface area contributed by atoms with Crippen LogP contribution >= 0.6 is 0 Å². The zero-order valence-electron chi connectivity index (χ0n) is 30.4. The SMILES string of the molecule is C/C1=C(\C)C/C=C\C=CC1.C=C(C)C.C=C(C)c1ccc(C(C)C(=C)c2ccc(C)c(C)c2)c(C)c1.CC.CC.CC. The van der Waals surface area contributed by atoms with Gasteiger partial charge in [-0.15, -0.1) is 6.58 Å². The van der Waals surface area contributed by atoms with Crippen molar-refractivity contribution in [1.82, 2.24) is 0 Å². The van der Waals surface area contributed by atoms with Crippen molar-refractivity contribution in [2.45, 2.75) is 123 Å². The fourth-order valence-corrected chi connectivity index (χ4v) is 3.80. The van der Waals surface area contributed by atoms with Gasteiger partial charge in [0.1, 0.15) is 0 Å². The molecule has 0 aromatic heterocycles. The van der Waals surface area contributed by atoms with E-state index in [1.807, 2.05) is 62.3 Å². The van der Waals surface area contributed by atoms with Crippen molar-refractivity contribution in [2.24, 2.45) is 0 Å². The minimum Gasteiger partial charge on any atom is -0.100 e. The van der Waals surface area contributed by atoms with Crippen LogP contribution in [0, 0.1) is 20.8 Å². The first kappa shape index (κ1) is 43.3. The molecule has 0 heteroatoms. The monoisotopic (exact) mass is 571 g/mol. The van der Waals surface area contributed by atoms with E-state index in [0.29, 0.717) is 5.92 Å². The molecule has 0 spiro atoms. The summed E-state index contributed by atoms with van der Waals surface area (Å²) < 4.78 is 0. The first-order valence-corrected chi connectivity index (χ1v) is 16.0. The summed E-state index contributed by atoms with van der Waals surface area (Å²) in [6.07, 6.45) is 10.9. The minimum absolute atomic E-state index is 0.307. The van der Waals surface area contributed by atoms with Gasteiger partial charge in [0.05, 0.1) is 0 Å². The molecule has 2 aromatic carbocycles. The lowest BCUT2D eigenvalue weighted by atomic mass is 9.85. The van der Waals surface area contributed by atoms with Crippen molar-refractivity contribution in [3.05, 3.63) is 131 Å². The van der Waals surface area contributed by atoms with Crippen LogP contribution in [-0.2, 0) is 0 Å². The van der Waals surface area contributed by atoms with E-state index < -0.39 is 0 Å². The summed E-state index contributed by atoms with van der Waals surface area (Å²) in [6, 6.07) is 13.2. The summed E-state index contributed by atoms with van der Waals surface area (Å²) in [5, 5.41) is 0. The molecule has 0 radical (unpaired) electrons. The molecule has 0 saturated carbocycles. The molecule has 1 unspecified atom stereocenters. The summed E-state index contributed by atoms with van der Waals surface area (Å²) >= 11 is 0. The third-order valence-electron chi connectivity index (χ3n) is 6.59. The molecule has 2 aromatic rings. The first-order chi connectivity index (χ1) is 19.8. The van der Waals surface area contributed by atoms with Gasteiger partial charge in [0.15, 0.2) is 0 Å². The van der Waals surface area contributed by atoms with Crippen LogP contribution in [0.15, 0.2) is 97.2 Å². The second-order valence-corrected chi connectivity index (χ2v) is 10.4. The molecule has 0 saturated heterocycles. The summed E-state index contributed by atoms with van der Waals surface area (Å²) in [4.78, 5) is 0. The fraction of sp³-hybridized carbons (Fsp3) is 0.429. The smallest absolute Gasteiger partial charge is 0.00636 e. The number of aryl methyl sites for hydroxylation is 3. The van der Waals surface area contributed by atoms with Gasteiger partial charge >= 0.3 is 0 Å². The predicted molar refractivity (Wildman–Crippen MR) is 200 cm³/mol. The Morgan fingerprint density at radius 1 is 0.595 bits per heavy atom. The summed E-state index contributed by atoms with van der Waals surface area (Å²) in [6.45, 7) is 43.0. The molecule has 0 amide bonds. The van der Waals surface area contributed by atoms with Crippen LogP contribution in [0.3, 0.4) is 0 Å². The maximum absolute atomic E-state index is 4.35. The van der Waals surface area contributed by atoms with Crippen molar-refractivity contribution >= 4 is 11.1 Å². The molecule has 234 valence electrons. The zero-order valence-corrected chi connectivity index (χ0v) is 30.4. The van der Waals surface area contributed by atoms with E-state index in [-0.39, 0.29) is 0 Å². The Labute approximate surface area is 263 Å². The molecule has 42 heavy (non-hydrogen) atoms. The summed E-state index contributed by atoms with van der Waals surface area (Å²) in [5.74, 6) is 0.307. The van der Waals surface area contributed by atoms with E-state index in [1.165, 1.54) is 55.7 Å². The number of allylic oxidation sites excluding steroid dienone is 9. The molecule has 0 heterocycles. The van der Waals surface area contributed by atoms with Gasteiger partial charge in [0.25, 0.3) is 0 Å². The maximum atomic E-state index is 4.35. The van der Waals surface area contributed by atoms with Crippen LogP contribution in [0.4, 0.5) is 0 Å². The quantitative estimate of drug-likeness (QED) is 0.321. The van der Waals surface area contributed by atoms with E-state index >= 15 is 0 Å². The number of rotatable bonds is 4. The Bertz CT molecular complexity index is 1130. The molecular weight excluding hydrogens is 504 g/mol. The first-order valence-electron chi connectivity index (χ1n) is 16.0.